The third kappa shape index (κ3) is 4.05. The molecule has 3 rings (SSSR count). The number of hydrogen-bond donors (Lipinski definition) is 0. The van der Waals surface area contributed by atoms with Gasteiger partial charge in [0.05, 0.1) is 0 Å². The third-order valence-electron chi connectivity index (χ3n) is 8.04. The summed E-state index contributed by atoms with van der Waals surface area (Å²) in [5, 5.41) is 0. The fourth-order valence-corrected chi connectivity index (χ4v) is 6.46. The van der Waals surface area contributed by atoms with Crippen LogP contribution in [0, 0.1) is 29.1 Å². The van der Waals surface area contributed by atoms with Crippen molar-refractivity contribution in [1.29, 1.82) is 0 Å². The standard InChI is InChI=1S/C23H40/c1-3-8-19-11-13-20(14-12-19)21-15-17-23(4-2,18-16-21)22-9-6-5-7-10-22/h4,19-22H,2-3,5-18H2,1H3/t19?,20?,21-,23-. The summed E-state index contributed by atoms with van der Waals surface area (Å²) < 4.78 is 0. The molecule has 23 heavy (non-hydrogen) atoms. The van der Waals surface area contributed by atoms with Gasteiger partial charge in [0.1, 0.15) is 0 Å². The highest BCUT2D eigenvalue weighted by molar-refractivity contribution is 5.03. The maximum Gasteiger partial charge on any atom is -0.00924 e. The first-order valence-corrected chi connectivity index (χ1v) is 10.9. The first-order valence-electron chi connectivity index (χ1n) is 10.9. The van der Waals surface area contributed by atoms with Gasteiger partial charge in [0.15, 0.2) is 0 Å². The van der Waals surface area contributed by atoms with Crippen LogP contribution in [0.1, 0.15) is 103 Å². The van der Waals surface area contributed by atoms with Gasteiger partial charge in [-0.3, -0.25) is 0 Å². The van der Waals surface area contributed by atoms with Gasteiger partial charge in [0.25, 0.3) is 0 Å². The maximum absolute atomic E-state index is 4.30. The zero-order chi connectivity index (χ0) is 16.1. The Balaban J connectivity index is 1.50. The second-order valence-electron chi connectivity index (χ2n) is 9.18. The minimum Gasteiger partial charge on any atom is -0.103 e. The van der Waals surface area contributed by atoms with Crippen LogP contribution in [-0.2, 0) is 0 Å². The average Bonchev–Trinajstić information content (AvgIpc) is 2.63. The summed E-state index contributed by atoms with van der Waals surface area (Å²) in [5.74, 6) is 4.15. The zero-order valence-corrected chi connectivity index (χ0v) is 15.7. The molecule has 0 aromatic heterocycles. The zero-order valence-electron chi connectivity index (χ0n) is 15.7. The van der Waals surface area contributed by atoms with E-state index in [4.69, 9.17) is 0 Å². The predicted molar refractivity (Wildman–Crippen MR) is 102 cm³/mol. The van der Waals surface area contributed by atoms with Gasteiger partial charge in [-0.2, -0.15) is 0 Å². The highest BCUT2D eigenvalue weighted by Gasteiger charge is 2.41. The minimum atomic E-state index is 0.524. The molecule has 0 aromatic carbocycles. The van der Waals surface area contributed by atoms with Crippen LogP contribution < -0.4 is 0 Å². The molecule has 0 bridgehead atoms. The van der Waals surface area contributed by atoms with Crippen molar-refractivity contribution in [3.05, 3.63) is 12.7 Å². The summed E-state index contributed by atoms with van der Waals surface area (Å²) in [6.07, 6.45) is 24.8. The molecule has 0 heterocycles. The van der Waals surface area contributed by atoms with E-state index < -0.39 is 0 Å². The molecule has 0 aliphatic heterocycles. The molecule has 0 unspecified atom stereocenters. The summed E-state index contributed by atoms with van der Waals surface area (Å²) in [6.45, 7) is 6.65. The lowest BCUT2D eigenvalue weighted by Gasteiger charge is -2.47. The monoisotopic (exact) mass is 316 g/mol. The lowest BCUT2D eigenvalue weighted by atomic mass is 9.58. The molecule has 3 fully saturated rings. The highest BCUT2D eigenvalue weighted by Crippen LogP contribution is 2.52. The van der Waals surface area contributed by atoms with Gasteiger partial charge in [0.2, 0.25) is 0 Å². The van der Waals surface area contributed by atoms with Crippen molar-refractivity contribution < 1.29 is 0 Å². The Bertz CT molecular complexity index is 346. The van der Waals surface area contributed by atoms with Crippen molar-refractivity contribution in [2.24, 2.45) is 29.1 Å². The second-order valence-corrected chi connectivity index (χ2v) is 9.18. The molecule has 3 saturated carbocycles. The Morgan fingerprint density at radius 2 is 1.43 bits per heavy atom. The quantitative estimate of drug-likeness (QED) is 0.460. The van der Waals surface area contributed by atoms with E-state index in [1.807, 2.05) is 0 Å². The molecule has 0 atom stereocenters. The summed E-state index contributed by atoms with van der Waals surface area (Å²) >= 11 is 0. The molecule has 3 aliphatic rings. The maximum atomic E-state index is 4.30. The van der Waals surface area contributed by atoms with Crippen LogP contribution in [-0.4, -0.2) is 0 Å². The lowest BCUT2D eigenvalue weighted by Crippen LogP contribution is -2.36. The molecule has 0 saturated heterocycles. The van der Waals surface area contributed by atoms with Crippen molar-refractivity contribution in [3.63, 3.8) is 0 Å². The second kappa shape index (κ2) is 8.21. The first kappa shape index (κ1) is 17.6. The van der Waals surface area contributed by atoms with Gasteiger partial charge < -0.3 is 0 Å². The van der Waals surface area contributed by atoms with Crippen LogP contribution in [0.15, 0.2) is 12.7 Å². The van der Waals surface area contributed by atoms with E-state index >= 15 is 0 Å². The van der Waals surface area contributed by atoms with E-state index in [1.165, 1.54) is 83.5 Å². The van der Waals surface area contributed by atoms with E-state index in [1.54, 1.807) is 12.8 Å². The Labute approximate surface area is 145 Å². The van der Waals surface area contributed by atoms with Gasteiger partial charge in [-0.05, 0) is 80.5 Å². The minimum absolute atomic E-state index is 0.524. The molecule has 0 radical (unpaired) electrons. The lowest BCUT2D eigenvalue weighted by molar-refractivity contribution is 0.0645. The van der Waals surface area contributed by atoms with Crippen molar-refractivity contribution in [2.45, 2.75) is 103 Å². The van der Waals surface area contributed by atoms with Gasteiger partial charge in [-0.15, -0.1) is 6.58 Å². The summed E-state index contributed by atoms with van der Waals surface area (Å²) in [5.41, 5.74) is 0.524. The van der Waals surface area contributed by atoms with E-state index in [9.17, 15) is 0 Å². The molecule has 0 amide bonds. The molecule has 3 aliphatic carbocycles. The summed E-state index contributed by atoms with van der Waals surface area (Å²) in [6, 6.07) is 0. The normalized spacial score (nSPS) is 40.0. The fraction of sp³-hybridized carbons (Fsp3) is 0.913. The first-order chi connectivity index (χ1) is 11.3. The molecule has 0 heteroatoms. The SMILES string of the molecule is C=C[C@]1(C2CCCCC2)CC[C@H](C2CCC(CCC)CC2)CC1. The molecular formula is C23H40. The Morgan fingerprint density at radius 1 is 0.826 bits per heavy atom. The van der Waals surface area contributed by atoms with Gasteiger partial charge in [-0.1, -0.05) is 57.9 Å². The van der Waals surface area contributed by atoms with Gasteiger partial charge >= 0.3 is 0 Å². The Kier molecular flexibility index (Phi) is 6.27. The fourth-order valence-electron chi connectivity index (χ4n) is 6.46. The molecule has 0 spiro atoms. The average molecular weight is 317 g/mol. The Hall–Kier alpha value is -0.260. The van der Waals surface area contributed by atoms with Crippen LogP contribution in [0.3, 0.4) is 0 Å². The topological polar surface area (TPSA) is 0 Å². The smallest absolute Gasteiger partial charge is 0.00924 e. The molecular weight excluding hydrogens is 276 g/mol. The van der Waals surface area contributed by atoms with Crippen LogP contribution in [0.25, 0.3) is 0 Å². The van der Waals surface area contributed by atoms with Crippen molar-refractivity contribution in [3.8, 4) is 0 Å². The molecule has 0 nitrogen and oxygen atoms in total. The largest absolute Gasteiger partial charge is 0.103 e. The number of rotatable bonds is 5. The molecule has 0 N–H and O–H groups in total. The van der Waals surface area contributed by atoms with Crippen molar-refractivity contribution in [1.82, 2.24) is 0 Å². The van der Waals surface area contributed by atoms with Crippen LogP contribution in [0.2, 0.25) is 0 Å². The van der Waals surface area contributed by atoms with E-state index in [2.05, 4.69) is 19.6 Å². The van der Waals surface area contributed by atoms with Crippen LogP contribution >= 0.6 is 0 Å². The van der Waals surface area contributed by atoms with Gasteiger partial charge in [0, 0.05) is 0 Å². The van der Waals surface area contributed by atoms with E-state index in [0.717, 1.165) is 23.7 Å². The number of allylic oxidation sites excluding steroid dienone is 1. The van der Waals surface area contributed by atoms with Crippen molar-refractivity contribution >= 4 is 0 Å². The highest BCUT2D eigenvalue weighted by atomic mass is 14.5. The van der Waals surface area contributed by atoms with E-state index in [0.29, 0.717) is 5.41 Å². The predicted octanol–water partition coefficient (Wildman–Crippen LogP) is 7.54. The van der Waals surface area contributed by atoms with Crippen LogP contribution in [0.5, 0.6) is 0 Å². The van der Waals surface area contributed by atoms with E-state index in [-0.39, 0.29) is 0 Å². The number of hydrogen-bond acceptors (Lipinski definition) is 0. The Morgan fingerprint density at radius 3 is 2.00 bits per heavy atom. The van der Waals surface area contributed by atoms with Crippen molar-refractivity contribution in [2.75, 3.05) is 0 Å². The molecule has 0 aromatic rings. The third-order valence-corrected chi connectivity index (χ3v) is 8.04. The van der Waals surface area contributed by atoms with Crippen LogP contribution in [0.4, 0.5) is 0 Å². The van der Waals surface area contributed by atoms with Gasteiger partial charge in [-0.25, -0.2) is 0 Å². The summed E-state index contributed by atoms with van der Waals surface area (Å²) in [7, 11) is 0. The molecule has 132 valence electrons. The summed E-state index contributed by atoms with van der Waals surface area (Å²) in [4.78, 5) is 0.